The molecule has 1 atom stereocenters. The second-order valence-electron chi connectivity index (χ2n) is 4.28. The van der Waals surface area contributed by atoms with Crippen LogP contribution in [0.2, 0.25) is 0 Å². The van der Waals surface area contributed by atoms with Crippen LogP contribution in [0.3, 0.4) is 0 Å². The third kappa shape index (κ3) is 3.08. The molecule has 1 aliphatic heterocycles. The van der Waals surface area contributed by atoms with Gasteiger partial charge in [0.1, 0.15) is 12.1 Å². The second-order valence-corrected chi connectivity index (χ2v) is 4.28. The van der Waals surface area contributed by atoms with Crippen molar-refractivity contribution in [2.45, 2.75) is 18.4 Å². The third-order valence-corrected chi connectivity index (χ3v) is 3.04. The molecule has 3 N–H and O–H groups in total. The molecule has 0 bridgehead atoms. The number of alkyl halides is 2. The van der Waals surface area contributed by atoms with Gasteiger partial charge in [-0.1, -0.05) is 0 Å². The van der Waals surface area contributed by atoms with Crippen LogP contribution in [-0.2, 0) is 0 Å². The summed E-state index contributed by atoms with van der Waals surface area (Å²) in [5.41, 5.74) is 0.532. The predicted octanol–water partition coefficient (Wildman–Crippen LogP) is 1.61. The second kappa shape index (κ2) is 6.47. The Morgan fingerprint density at radius 1 is 1.30 bits per heavy atom. The topological polar surface area (TPSA) is 78.5 Å². The maximum absolute atomic E-state index is 13.7. The molecule has 0 unspecified atom stereocenters. The Labute approximate surface area is 126 Å². The van der Waals surface area contributed by atoms with E-state index in [9.17, 15) is 8.78 Å². The summed E-state index contributed by atoms with van der Waals surface area (Å²) in [5, 5.41) is 12.6. The Morgan fingerprint density at radius 2 is 2.10 bits per heavy atom. The number of halogens is 4. The highest BCUT2D eigenvalue weighted by Gasteiger charge is 2.41. The van der Waals surface area contributed by atoms with E-state index in [0.717, 1.165) is 0 Å². The van der Waals surface area contributed by atoms with Gasteiger partial charge in [0.05, 0.1) is 24.2 Å². The first-order chi connectivity index (χ1) is 8.67. The quantitative estimate of drug-likeness (QED) is 0.781. The van der Waals surface area contributed by atoms with E-state index in [4.69, 9.17) is 0 Å². The van der Waals surface area contributed by atoms with Crippen LogP contribution in [0.15, 0.2) is 12.5 Å². The predicted molar refractivity (Wildman–Crippen MR) is 76.0 cm³/mol. The fourth-order valence-electron chi connectivity index (χ4n) is 2.06. The molecule has 3 rings (SSSR count). The van der Waals surface area contributed by atoms with E-state index in [1.54, 1.807) is 0 Å². The number of piperidine rings is 1. The molecule has 1 saturated heterocycles. The Hall–Kier alpha value is -1.25. The lowest BCUT2D eigenvalue weighted by Gasteiger charge is -2.32. The van der Waals surface area contributed by atoms with Gasteiger partial charge in [-0.15, -0.1) is 24.8 Å². The summed E-state index contributed by atoms with van der Waals surface area (Å²) < 4.78 is 27.4. The lowest BCUT2D eigenvalue weighted by molar-refractivity contribution is -0.0322. The van der Waals surface area contributed by atoms with Gasteiger partial charge in [0.25, 0.3) is 5.92 Å². The molecule has 20 heavy (non-hydrogen) atoms. The molecule has 0 radical (unpaired) electrons. The number of nitrogens with one attached hydrogen (secondary N) is 3. The van der Waals surface area contributed by atoms with Crippen molar-refractivity contribution in [2.24, 2.45) is 0 Å². The van der Waals surface area contributed by atoms with Crippen molar-refractivity contribution in [3.05, 3.63) is 12.5 Å². The van der Waals surface area contributed by atoms with Gasteiger partial charge >= 0.3 is 0 Å². The van der Waals surface area contributed by atoms with Gasteiger partial charge in [-0.25, -0.2) is 18.7 Å². The van der Waals surface area contributed by atoms with Crippen molar-refractivity contribution in [1.82, 2.24) is 25.5 Å². The molecular formula is C10H14Cl2F2N6. The van der Waals surface area contributed by atoms with Crippen LogP contribution in [0.4, 0.5) is 14.6 Å². The molecule has 1 aliphatic rings. The Kier molecular flexibility index (Phi) is 5.43. The molecule has 1 fully saturated rings. The van der Waals surface area contributed by atoms with Crippen LogP contribution in [0.1, 0.15) is 6.42 Å². The zero-order chi connectivity index (χ0) is 12.6. The monoisotopic (exact) mass is 326 g/mol. The molecule has 2 aromatic rings. The van der Waals surface area contributed by atoms with Gasteiger partial charge in [0.15, 0.2) is 5.65 Å². The molecule has 10 heteroatoms. The molecule has 0 amide bonds. The van der Waals surface area contributed by atoms with Crippen LogP contribution < -0.4 is 10.6 Å². The van der Waals surface area contributed by atoms with Crippen LogP contribution >= 0.6 is 24.8 Å². The van der Waals surface area contributed by atoms with Crippen LogP contribution in [-0.4, -0.2) is 45.2 Å². The van der Waals surface area contributed by atoms with Crippen molar-refractivity contribution < 1.29 is 8.78 Å². The Balaban J connectivity index is 0.000001000. The summed E-state index contributed by atoms with van der Waals surface area (Å²) in [4.78, 5) is 7.97. The number of aromatic amines is 1. The van der Waals surface area contributed by atoms with Crippen molar-refractivity contribution in [1.29, 1.82) is 0 Å². The first-order valence-electron chi connectivity index (χ1n) is 5.66. The van der Waals surface area contributed by atoms with Gasteiger partial charge in [-0.3, -0.25) is 5.10 Å². The molecule has 112 valence electrons. The molecule has 0 spiro atoms. The highest BCUT2D eigenvalue weighted by atomic mass is 35.5. The summed E-state index contributed by atoms with van der Waals surface area (Å²) in [6.07, 6.45) is 3.19. The van der Waals surface area contributed by atoms with Crippen molar-refractivity contribution >= 4 is 41.7 Å². The molecule has 0 aromatic carbocycles. The molecule has 0 saturated carbocycles. The lowest BCUT2D eigenvalue weighted by atomic mass is 10.0. The number of anilines is 1. The number of hydrogen-bond acceptors (Lipinski definition) is 5. The van der Waals surface area contributed by atoms with E-state index in [-0.39, 0.29) is 31.4 Å². The number of rotatable bonds is 2. The molecule has 0 aliphatic carbocycles. The van der Waals surface area contributed by atoms with Crippen molar-refractivity contribution in [3.8, 4) is 0 Å². The van der Waals surface area contributed by atoms with Crippen LogP contribution in [0.5, 0.6) is 0 Å². The SMILES string of the molecule is Cl.Cl.FC1(F)CNCC[C@H]1Nc1ncnc2[nH]ncc12. The van der Waals surface area contributed by atoms with Gasteiger partial charge in [0, 0.05) is 0 Å². The molecular weight excluding hydrogens is 313 g/mol. The zero-order valence-electron chi connectivity index (χ0n) is 10.3. The average molecular weight is 327 g/mol. The van der Waals surface area contributed by atoms with E-state index in [1.165, 1.54) is 12.5 Å². The van der Waals surface area contributed by atoms with E-state index in [2.05, 4.69) is 30.8 Å². The lowest BCUT2D eigenvalue weighted by Crippen LogP contribution is -2.52. The molecule has 3 heterocycles. The van der Waals surface area contributed by atoms with Crippen molar-refractivity contribution in [3.63, 3.8) is 0 Å². The highest BCUT2D eigenvalue weighted by Crippen LogP contribution is 2.27. The minimum Gasteiger partial charge on any atom is -0.360 e. The fourth-order valence-corrected chi connectivity index (χ4v) is 2.06. The summed E-state index contributed by atoms with van der Waals surface area (Å²) in [7, 11) is 0. The maximum Gasteiger partial charge on any atom is 0.279 e. The van der Waals surface area contributed by atoms with E-state index < -0.39 is 12.0 Å². The fraction of sp³-hybridized carbons (Fsp3) is 0.500. The number of hydrogen-bond donors (Lipinski definition) is 3. The first-order valence-corrected chi connectivity index (χ1v) is 5.66. The number of fused-ring (bicyclic) bond motifs is 1. The molecule has 2 aromatic heterocycles. The zero-order valence-corrected chi connectivity index (χ0v) is 11.9. The third-order valence-electron chi connectivity index (χ3n) is 3.04. The molecule has 6 nitrogen and oxygen atoms in total. The Bertz CT molecular complexity index is 563. The van der Waals surface area contributed by atoms with E-state index in [0.29, 0.717) is 29.8 Å². The van der Waals surface area contributed by atoms with Crippen LogP contribution in [0, 0.1) is 0 Å². The Morgan fingerprint density at radius 3 is 2.85 bits per heavy atom. The largest absolute Gasteiger partial charge is 0.360 e. The summed E-state index contributed by atoms with van der Waals surface area (Å²) in [6.45, 7) is 0.247. The summed E-state index contributed by atoms with van der Waals surface area (Å²) >= 11 is 0. The maximum atomic E-state index is 13.7. The van der Waals surface area contributed by atoms with Crippen molar-refractivity contribution in [2.75, 3.05) is 18.4 Å². The van der Waals surface area contributed by atoms with Gasteiger partial charge in [-0.05, 0) is 13.0 Å². The summed E-state index contributed by atoms with van der Waals surface area (Å²) in [6, 6.07) is -0.924. The van der Waals surface area contributed by atoms with Crippen LogP contribution in [0.25, 0.3) is 11.0 Å². The number of nitrogens with zero attached hydrogens (tertiary/aromatic N) is 3. The average Bonchev–Trinajstić information content (AvgIpc) is 2.81. The van der Waals surface area contributed by atoms with Gasteiger partial charge in [-0.2, -0.15) is 5.10 Å². The van der Waals surface area contributed by atoms with Gasteiger partial charge < -0.3 is 10.6 Å². The first kappa shape index (κ1) is 16.8. The minimum absolute atomic E-state index is 0. The highest BCUT2D eigenvalue weighted by molar-refractivity contribution is 5.86. The van der Waals surface area contributed by atoms with E-state index >= 15 is 0 Å². The van der Waals surface area contributed by atoms with E-state index in [1.807, 2.05) is 0 Å². The number of H-pyrrole nitrogens is 1. The number of aromatic nitrogens is 4. The standard InChI is InChI=1S/C10H12F2N6.2ClH/c11-10(12)4-13-2-1-7(10)17-8-6-3-16-18-9(6)15-5-14-8;;/h3,5,7,13H,1-2,4H2,(H2,14,15,16,17,18);2*1H/t7-;;/m1../s1. The normalized spacial score (nSPS) is 20.8. The minimum atomic E-state index is -2.79. The van der Waals surface area contributed by atoms with Gasteiger partial charge in [0.2, 0.25) is 0 Å². The smallest absolute Gasteiger partial charge is 0.279 e. The summed E-state index contributed by atoms with van der Waals surface area (Å²) in [5.74, 6) is -2.40.